The van der Waals surface area contributed by atoms with E-state index in [1.165, 1.54) is 16.9 Å². The number of nitrogens with zero attached hydrogens (tertiary/aromatic N) is 8. The summed E-state index contributed by atoms with van der Waals surface area (Å²) in [4.78, 5) is 13.4. The Morgan fingerprint density at radius 3 is 2.79 bits per heavy atom. The van der Waals surface area contributed by atoms with Crippen LogP contribution in [0.3, 0.4) is 0 Å². The average molecular weight is 729 g/mol. The van der Waals surface area contributed by atoms with E-state index in [1.54, 1.807) is 18.7 Å². The van der Waals surface area contributed by atoms with E-state index in [9.17, 15) is 22.7 Å². The van der Waals surface area contributed by atoms with Crippen LogP contribution in [-0.4, -0.2) is 109 Å². The van der Waals surface area contributed by atoms with E-state index >= 15 is 0 Å². The van der Waals surface area contributed by atoms with Crippen LogP contribution in [0.15, 0.2) is 22.7 Å². The number of benzene rings is 1. The molecule has 4 aliphatic heterocycles. The number of β-amino-alcohol motifs (C(OH)–C–C–N with tert-alkyl or cyclic N) is 1. The van der Waals surface area contributed by atoms with Crippen molar-refractivity contribution in [1.82, 2.24) is 34.4 Å². The monoisotopic (exact) mass is 728 g/mol. The van der Waals surface area contributed by atoms with Gasteiger partial charge in [-0.2, -0.15) is 33.3 Å². The Morgan fingerprint density at radius 1 is 1.12 bits per heavy atom. The van der Waals surface area contributed by atoms with Gasteiger partial charge in [0.15, 0.2) is 11.8 Å². The van der Waals surface area contributed by atoms with Gasteiger partial charge in [0.1, 0.15) is 40.8 Å². The average Bonchev–Trinajstić information content (AvgIpc) is 3.89. The molecule has 1 N–H and O–H groups in total. The first-order chi connectivity index (χ1) is 24.9. The standard InChI is InChI=1S/C35H40F4N8O5/c1-33(48)17-45(11-13-49-18-33)30-26-28-29(52-31(26)42-32(41-30)51-19-34-9-5-10-46(34)16-20(36)14-34)27(43-44(28)2)25-21-15-40-47(24-6-3-4-12-50-24)23(21)8-7-22(25)35(37,38)39/h7-8,15,20,24,48H,3-6,9-14,16-19H2,1-2H3/t20-,24?,33+,34+/m1/s1. The van der Waals surface area contributed by atoms with Crippen LogP contribution in [0.2, 0.25) is 0 Å². The number of hydrogen-bond donors (Lipinski definition) is 1. The van der Waals surface area contributed by atoms with Crippen LogP contribution in [0, 0.1) is 0 Å². The van der Waals surface area contributed by atoms with Crippen molar-refractivity contribution in [3.8, 4) is 17.3 Å². The molecule has 4 aliphatic rings. The van der Waals surface area contributed by atoms with Crippen LogP contribution in [0.4, 0.5) is 23.4 Å². The lowest BCUT2D eigenvalue weighted by atomic mass is 9.95. The normalized spacial score (nSPS) is 27.6. The van der Waals surface area contributed by atoms with Crippen LogP contribution in [-0.2, 0) is 22.7 Å². The lowest BCUT2D eigenvalue weighted by Crippen LogP contribution is -2.43. The van der Waals surface area contributed by atoms with Crippen LogP contribution in [0.5, 0.6) is 6.01 Å². The third-order valence-corrected chi connectivity index (χ3v) is 11.0. The number of alkyl halides is 4. The summed E-state index contributed by atoms with van der Waals surface area (Å²) < 4.78 is 86.4. The Kier molecular flexibility index (Phi) is 7.95. The molecule has 0 radical (unpaired) electrons. The number of aromatic nitrogens is 6. The largest absolute Gasteiger partial charge is 0.461 e. The zero-order chi connectivity index (χ0) is 36.0. The van der Waals surface area contributed by atoms with E-state index in [2.05, 4.69) is 20.1 Å². The second kappa shape index (κ2) is 12.2. The molecule has 0 bridgehead atoms. The molecule has 9 rings (SSSR count). The van der Waals surface area contributed by atoms with E-state index in [-0.39, 0.29) is 60.3 Å². The molecular formula is C35H40F4N8O5. The summed E-state index contributed by atoms with van der Waals surface area (Å²) in [5.41, 5.74) is -1.77. The van der Waals surface area contributed by atoms with Crippen molar-refractivity contribution < 1.29 is 41.3 Å². The van der Waals surface area contributed by atoms with Gasteiger partial charge in [-0.15, -0.1) is 0 Å². The van der Waals surface area contributed by atoms with E-state index in [4.69, 9.17) is 23.6 Å². The highest BCUT2D eigenvalue weighted by Crippen LogP contribution is 2.47. The fourth-order valence-corrected chi connectivity index (χ4v) is 8.71. The fraction of sp³-hybridized carbons (Fsp3) is 0.600. The van der Waals surface area contributed by atoms with Crippen molar-refractivity contribution in [1.29, 1.82) is 0 Å². The molecule has 17 heteroatoms. The topological polar surface area (TPSA) is 129 Å². The number of anilines is 1. The highest BCUT2D eigenvalue weighted by molar-refractivity contribution is 6.13. The zero-order valence-electron chi connectivity index (χ0n) is 29.0. The second-order valence-corrected chi connectivity index (χ2v) is 14.9. The van der Waals surface area contributed by atoms with Gasteiger partial charge in [-0.3, -0.25) is 9.58 Å². The van der Waals surface area contributed by atoms with E-state index in [0.717, 1.165) is 38.3 Å². The molecule has 278 valence electrons. The predicted molar refractivity (Wildman–Crippen MR) is 181 cm³/mol. The smallest absolute Gasteiger partial charge is 0.417 e. The highest BCUT2D eigenvalue weighted by Gasteiger charge is 2.49. The fourth-order valence-electron chi connectivity index (χ4n) is 8.71. The molecule has 0 spiro atoms. The van der Waals surface area contributed by atoms with E-state index in [0.29, 0.717) is 54.8 Å². The number of furan rings is 1. The number of rotatable bonds is 6. The van der Waals surface area contributed by atoms with E-state index in [1.807, 2.05) is 4.90 Å². The van der Waals surface area contributed by atoms with Gasteiger partial charge in [0.05, 0.1) is 42.6 Å². The number of ether oxygens (including phenoxy) is 3. The van der Waals surface area contributed by atoms with Crippen LogP contribution in [0.1, 0.15) is 57.2 Å². The summed E-state index contributed by atoms with van der Waals surface area (Å²) in [6.07, 6.45) is -0.0508. The van der Waals surface area contributed by atoms with Gasteiger partial charge in [0.2, 0.25) is 5.71 Å². The Bertz CT molecular complexity index is 2160. The first-order valence-corrected chi connectivity index (χ1v) is 17.8. The summed E-state index contributed by atoms with van der Waals surface area (Å²) in [6.45, 7) is 4.39. The second-order valence-electron chi connectivity index (χ2n) is 14.9. The van der Waals surface area contributed by atoms with Crippen molar-refractivity contribution in [3.05, 3.63) is 23.9 Å². The third-order valence-electron chi connectivity index (χ3n) is 11.0. The van der Waals surface area contributed by atoms with Crippen molar-refractivity contribution in [2.24, 2.45) is 7.05 Å². The summed E-state index contributed by atoms with van der Waals surface area (Å²) in [6, 6.07) is 2.46. The Labute approximate surface area is 295 Å². The molecule has 1 unspecified atom stereocenters. The molecule has 4 saturated heterocycles. The van der Waals surface area contributed by atoms with Crippen molar-refractivity contribution in [2.45, 2.75) is 75.2 Å². The minimum atomic E-state index is -4.72. The van der Waals surface area contributed by atoms with Crippen molar-refractivity contribution >= 4 is 38.9 Å². The summed E-state index contributed by atoms with van der Waals surface area (Å²) in [5, 5.41) is 20.9. The maximum Gasteiger partial charge on any atom is 0.417 e. The Hall–Kier alpha value is -4.06. The van der Waals surface area contributed by atoms with Crippen molar-refractivity contribution in [3.63, 3.8) is 0 Å². The zero-order valence-corrected chi connectivity index (χ0v) is 29.0. The van der Waals surface area contributed by atoms with Gasteiger partial charge < -0.3 is 28.6 Å². The molecule has 0 aliphatic carbocycles. The molecule has 52 heavy (non-hydrogen) atoms. The summed E-state index contributed by atoms with van der Waals surface area (Å²) in [7, 11) is 1.63. The first-order valence-electron chi connectivity index (χ1n) is 17.8. The van der Waals surface area contributed by atoms with Gasteiger partial charge >= 0.3 is 12.2 Å². The maximum absolute atomic E-state index is 14.8. The molecule has 0 saturated carbocycles. The number of aliphatic hydroxyl groups is 1. The van der Waals surface area contributed by atoms with Gasteiger partial charge in [0.25, 0.3) is 0 Å². The summed E-state index contributed by atoms with van der Waals surface area (Å²) >= 11 is 0. The number of aryl methyl sites for hydroxylation is 1. The summed E-state index contributed by atoms with van der Waals surface area (Å²) in [5.74, 6) is 0.353. The lowest BCUT2D eigenvalue weighted by Gasteiger charge is -2.31. The third kappa shape index (κ3) is 5.58. The van der Waals surface area contributed by atoms with Crippen molar-refractivity contribution in [2.75, 3.05) is 57.5 Å². The van der Waals surface area contributed by atoms with Crippen LogP contribution < -0.4 is 9.64 Å². The molecule has 4 fully saturated rings. The molecule has 4 atom stereocenters. The molecule has 13 nitrogen and oxygen atoms in total. The predicted octanol–water partition coefficient (Wildman–Crippen LogP) is 5.39. The number of fused-ring (bicyclic) bond motifs is 5. The number of hydrogen-bond acceptors (Lipinski definition) is 11. The molecule has 4 aromatic heterocycles. The minimum absolute atomic E-state index is 0.0174. The minimum Gasteiger partial charge on any atom is -0.461 e. The van der Waals surface area contributed by atoms with E-state index < -0.39 is 35.3 Å². The Balaban J connectivity index is 1.22. The van der Waals surface area contributed by atoms with Gasteiger partial charge in [0, 0.05) is 44.1 Å². The van der Waals surface area contributed by atoms with Crippen LogP contribution in [0.25, 0.3) is 44.4 Å². The Morgan fingerprint density at radius 2 is 1.98 bits per heavy atom. The highest BCUT2D eigenvalue weighted by atomic mass is 19.4. The molecular weight excluding hydrogens is 688 g/mol. The van der Waals surface area contributed by atoms with Gasteiger partial charge in [-0.25, -0.2) is 9.07 Å². The van der Waals surface area contributed by atoms with Crippen LogP contribution >= 0.6 is 0 Å². The maximum atomic E-state index is 14.8. The lowest BCUT2D eigenvalue weighted by molar-refractivity contribution is -0.137. The first kappa shape index (κ1) is 33.8. The van der Waals surface area contributed by atoms with Gasteiger partial charge in [-0.05, 0) is 57.7 Å². The molecule has 0 amide bonds. The SMILES string of the molecule is Cn1nc(-c2c(C(F)(F)F)ccc3c2cnn3C2CCCCO2)c2oc3nc(OC[C@@]45CCCN4C[C@H](F)C5)nc(N4CCOC[C@@](C)(O)C4)c3c21. The molecule has 1 aromatic carbocycles. The number of halogens is 4. The van der Waals surface area contributed by atoms with Gasteiger partial charge in [-0.1, -0.05) is 0 Å². The molecule has 8 heterocycles. The molecule has 5 aromatic rings. The quantitative estimate of drug-likeness (QED) is 0.226.